The maximum absolute atomic E-state index is 13.1. The quantitative estimate of drug-likeness (QED) is 0.760. The Bertz CT molecular complexity index is 906. The van der Waals surface area contributed by atoms with Crippen molar-refractivity contribution in [1.82, 2.24) is 10.2 Å². The number of benzene rings is 1. The first kappa shape index (κ1) is 18.8. The van der Waals surface area contributed by atoms with E-state index in [1.807, 2.05) is 39.0 Å². The number of nitrogens with zero attached hydrogens (tertiary/aromatic N) is 3. The Hall–Kier alpha value is -2.00. The number of hydrogen-bond donors (Lipinski definition) is 1. The molecule has 0 fully saturated rings. The summed E-state index contributed by atoms with van der Waals surface area (Å²) in [7, 11) is -3.82. The van der Waals surface area contributed by atoms with Gasteiger partial charge in [-0.15, -0.1) is 10.2 Å². The van der Waals surface area contributed by atoms with Crippen molar-refractivity contribution in [3.8, 4) is 0 Å². The molecule has 2 aromatic rings. The average Bonchev–Trinajstić information content (AvgIpc) is 3.19. The van der Waals surface area contributed by atoms with Crippen LogP contribution in [0.2, 0.25) is 0 Å². The second-order valence-corrected chi connectivity index (χ2v) is 9.32. The molecule has 26 heavy (non-hydrogen) atoms. The van der Waals surface area contributed by atoms with E-state index in [9.17, 15) is 13.2 Å². The normalized spacial score (nSPS) is 16.8. The fraction of sp³-hybridized carbons (Fsp3) is 0.471. The van der Waals surface area contributed by atoms with Gasteiger partial charge in [0.25, 0.3) is 14.4 Å². The van der Waals surface area contributed by atoms with Gasteiger partial charge in [-0.2, -0.15) is 8.42 Å². The summed E-state index contributed by atoms with van der Waals surface area (Å²) < 4.78 is 27.4. The summed E-state index contributed by atoms with van der Waals surface area (Å²) in [5.41, 5.74) is 1.67. The monoisotopic (exact) mass is 394 g/mol. The van der Waals surface area contributed by atoms with Crippen molar-refractivity contribution in [2.75, 3.05) is 9.62 Å². The highest BCUT2D eigenvalue weighted by atomic mass is 32.2. The van der Waals surface area contributed by atoms with Crippen LogP contribution in [-0.4, -0.2) is 30.6 Å². The lowest BCUT2D eigenvalue weighted by molar-refractivity contribution is -0.120. The number of fused-ring (bicyclic) bond motifs is 1. The van der Waals surface area contributed by atoms with Crippen LogP contribution in [0.1, 0.15) is 39.2 Å². The summed E-state index contributed by atoms with van der Waals surface area (Å²) in [6, 6.07) is 7.26. The lowest BCUT2D eigenvalue weighted by Crippen LogP contribution is -2.35. The predicted molar refractivity (Wildman–Crippen MR) is 102 cm³/mol. The van der Waals surface area contributed by atoms with Gasteiger partial charge in [-0.25, -0.2) is 0 Å². The van der Waals surface area contributed by atoms with Crippen molar-refractivity contribution in [3.05, 3.63) is 29.8 Å². The third-order valence-corrected chi connectivity index (χ3v) is 7.73. The number of para-hydroxylation sites is 1. The summed E-state index contributed by atoms with van der Waals surface area (Å²) in [5.74, 6) is -0.278. The summed E-state index contributed by atoms with van der Waals surface area (Å²) in [5, 5.41) is 10.6. The number of anilines is 2. The van der Waals surface area contributed by atoms with Gasteiger partial charge in [-0.05, 0) is 37.8 Å². The number of sulfonamides is 1. The molecule has 3 rings (SSSR count). The van der Waals surface area contributed by atoms with Crippen LogP contribution < -0.4 is 9.62 Å². The van der Waals surface area contributed by atoms with E-state index >= 15 is 0 Å². The molecule has 1 aromatic heterocycles. The number of carbonyl (C=O) groups excluding carboxylic acids is 1. The van der Waals surface area contributed by atoms with E-state index in [1.54, 1.807) is 6.07 Å². The number of carbonyl (C=O) groups is 1. The zero-order valence-corrected chi connectivity index (χ0v) is 16.6. The molecule has 2 heterocycles. The zero-order chi connectivity index (χ0) is 18.9. The van der Waals surface area contributed by atoms with Crippen LogP contribution in [0.4, 0.5) is 10.8 Å². The number of amides is 1. The van der Waals surface area contributed by atoms with Gasteiger partial charge in [0.1, 0.15) is 0 Å². The first-order valence-electron chi connectivity index (χ1n) is 8.65. The Labute approximate surface area is 157 Å². The van der Waals surface area contributed by atoms with E-state index in [1.165, 1.54) is 4.31 Å². The van der Waals surface area contributed by atoms with Crippen molar-refractivity contribution in [2.45, 2.75) is 50.4 Å². The molecule has 140 valence electrons. The van der Waals surface area contributed by atoms with Gasteiger partial charge in [0, 0.05) is 12.0 Å². The van der Waals surface area contributed by atoms with Gasteiger partial charge in [0.15, 0.2) is 0 Å². The lowest BCUT2D eigenvalue weighted by Gasteiger charge is -2.22. The Morgan fingerprint density at radius 2 is 2.00 bits per heavy atom. The standard InChI is InChI=1S/C17H22N4O3S2/c1-4-12(5-2)15(22)18-16-19-20-17(25-16)26(23,24)21-11(3)10-13-8-6-7-9-14(13)21/h6-9,11-12H,4-5,10H2,1-3H3,(H,18,19,22)/t11-/m1/s1. The number of nitrogens with one attached hydrogen (secondary N) is 1. The largest absolute Gasteiger partial charge is 0.300 e. The highest BCUT2D eigenvalue weighted by Crippen LogP contribution is 2.37. The Balaban J connectivity index is 1.86. The minimum absolute atomic E-state index is 0.110. The number of rotatable bonds is 6. The minimum atomic E-state index is -3.82. The van der Waals surface area contributed by atoms with Crippen molar-refractivity contribution in [2.24, 2.45) is 5.92 Å². The van der Waals surface area contributed by atoms with Gasteiger partial charge in [0.05, 0.1) is 5.69 Å². The first-order chi connectivity index (χ1) is 12.4. The van der Waals surface area contributed by atoms with Gasteiger partial charge in [-0.3, -0.25) is 9.10 Å². The summed E-state index contributed by atoms with van der Waals surface area (Å²) in [4.78, 5) is 12.2. The molecular formula is C17H22N4O3S2. The van der Waals surface area contributed by atoms with E-state index in [0.29, 0.717) is 24.9 Å². The predicted octanol–water partition coefficient (Wildman–Crippen LogP) is 3.05. The minimum Gasteiger partial charge on any atom is -0.300 e. The van der Waals surface area contributed by atoms with Crippen molar-refractivity contribution in [1.29, 1.82) is 0 Å². The van der Waals surface area contributed by atoms with Gasteiger partial charge in [-0.1, -0.05) is 43.4 Å². The van der Waals surface area contributed by atoms with Crippen molar-refractivity contribution in [3.63, 3.8) is 0 Å². The molecule has 0 radical (unpaired) electrons. The smallest absolute Gasteiger partial charge is 0.293 e. The van der Waals surface area contributed by atoms with E-state index < -0.39 is 10.0 Å². The van der Waals surface area contributed by atoms with Crippen LogP contribution in [0.25, 0.3) is 0 Å². The number of hydrogen-bond acceptors (Lipinski definition) is 6. The summed E-state index contributed by atoms with van der Waals surface area (Å²) in [6.45, 7) is 5.75. The first-order valence-corrected chi connectivity index (χ1v) is 10.9. The molecule has 0 aliphatic carbocycles. The van der Waals surface area contributed by atoms with E-state index in [4.69, 9.17) is 0 Å². The fourth-order valence-electron chi connectivity index (χ4n) is 3.22. The van der Waals surface area contributed by atoms with Gasteiger partial charge in [0.2, 0.25) is 11.0 Å². The van der Waals surface area contributed by atoms with Crippen molar-refractivity contribution >= 4 is 38.1 Å². The second kappa shape index (κ2) is 7.32. The molecule has 1 amide bonds. The molecule has 0 saturated heterocycles. The molecule has 0 bridgehead atoms. The summed E-state index contributed by atoms with van der Waals surface area (Å²) >= 11 is 0.886. The average molecular weight is 395 g/mol. The lowest BCUT2D eigenvalue weighted by atomic mass is 10.0. The number of aromatic nitrogens is 2. The zero-order valence-electron chi connectivity index (χ0n) is 15.0. The molecule has 9 heteroatoms. The second-order valence-electron chi connectivity index (χ2n) is 6.36. The third-order valence-electron chi connectivity index (χ3n) is 4.62. The Kier molecular flexibility index (Phi) is 5.29. The Morgan fingerprint density at radius 3 is 2.69 bits per heavy atom. The van der Waals surface area contributed by atoms with Gasteiger partial charge >= 0.3 is 0 Å². The van der Waals surface area contributed by atoms with E-state index in [0.717, 1.165) is 16.9 Å². The SMILES string of the molecule is CCC(CC)C(=O)Nc1nnc(S(=O)(=O)N2c3ccccc3C[C@H]2C)s1. The van der Waals surface area contributed by atoms with Crippen LogP contribution in [0.15, 0.2) is 28.6 Å². The molecule has 1 aromatic carbocycles. The van der Waals surface area contributed by atoms with Crippen molar-refractivity contribution < 1.29 is 13.2 Å². The highest BCUT2D eigenvalue weighted by molar-refractivity contribution is 7.94. The van der Waals surface area contributed by atoms with E-state index in [-0.39, 0.29) is 27.3 Å². The molecule has 1 aliphatic heterocycles. The fourth-order valence-corrected chi connectivity index (χ4v) is 5.90. The molecule has 0 unspecified atom stereocenters. The Morgan fingerprint density at radius 1 is 1.31 bits per heavy atom. The summed E-state index contributed by atoms with van der Waals surface area (Å²) in [6.07, 6.45) is 2.09. The molecule has 1 atom stereocenters. The van der Waals surface area contributed by atoms with Crippen LogP contribution in [0.3, 0.4) is 0 Å². The van der Waals surface area contributed by atoms with Gasteiger partial charge < -0.3 is 5.32 Å². The highest BCUT2D eigenvalue weighted by Gasteiger charge is 2.38. The van der Waals surface area contributed by atoms with Crippen LogP contribution in [0, 0.1) is 5.92 Å². The maximum Gasteiger partial charge on any atom is 0.293 e. The molecule has 1 N–H and O–H groups in total. The van der Waals surface area contributed by atoms with E-state index in [2.05, 4.69) is 15.5 Å². The van der Waals surface area contributed by atoms with Crippen LogP contribution in [-0.2, 0) is 21.2 Å². The van der Waals surface area contributed by atoms with Crippen LogP contribution >= 0.6 is 11.3 Å². The molecule has 0 saturated carbocycles. The molecular weight excluding hydrogens is 372 g/mol. The third kappa shape index (κ3) is 3.33. The maximum atomic E-state index is 13.1. The topological polar surface area (TPSA) is 92.3 Å². The van der Waals surface area contributed by atoms with Crippen LogP contribution in [0.5, 0.6) is 0 Å². The molecule has 1 aliphatic rings. The molecule has 7 nitrogen and oxygen atoms in total. The molecule has 0 spiro atoms.